The Labute approximate surface area is 69.8 Å². The summed E-state index contributed by atoms with van der Waals surface area (Å²) in [6.07, 6.45) is 6.02. The van der Waals surface area contributed by atoms with Crippen LogP contribution in [-0.4, -0.2) is 5.75 Å². The van der Waals surface area contributed by atoms with Crippen LogP contribution in [0, 0.1) is 0 Å². The zero-order valence-electron chi connectivity index (χ0n) is 6.24. The minimum Gasteiger partial charge on any atom is -0.158 e. The highest BCUT2D eigenvalue weighted by Gasteiger charge is 2.12. The molecule has 0 bridgehead atoms. The number of allylic oxidation sites excluding steroid dienone is 2. The first-order valence-corrected chi connectivity index (χ1v) is 4.47. The molecule has 0 saturated heterocycles. The van der Waals surface area contributed by atoms with E-state index in [0.717, 1.165) is 11.4 Å². The molecule has 2 heterocycles. The van der Waals surface area contributed by atoms with Crippen molar-refractivity contribution in [3.63, 3.8) is 0 Å². The predicted octanol–water partition coefficient (Wildman–Crippen LogP) is 2.87. The summed E-state index contributed by atoms with van der Waals surface area (Å²) in [4.78, 5) is 1.25. The van der Waals surface area contributed by atoms with Crippen LogP contribution in [0.5, 0.6) is 0 Å². The third-order valence-electron chi connectivity index (χ3n) is 1.55. The van der Waals surface area contributed by atoms with Crippen LogP contribution in [0.3, 0.4) is 0 Å². The zero-order valence-corrected chi connectivity index (χ0v) is 7.06. The van der Waals surface area contributed by atoms with E-state index in [9.17, 15) is 0 Å². The van der Waals surface area contributed by atoms with Gasteiger partial charge in [0.25, 0.3) is 0 Å². The summed E-state index contributed by atoms with van der Waals surface area (Å²) in [6.45, 7) is 2.04. The lowest BCUT2D eigenvalue weighted by Gasteiger charge is -1.93. The van der Waals surface area contributed by atoms with E-state index in [2.05, 4.69) is 22.4 Å². The van der Waals surface area contributed by atoms with E-state index in [0.29, 0.717) is 0 Å². The Bertz CT molecular complexity index is 297. The number of nitrogens with zero attached hydrogens (tertiary/aromatic N) is 2. The van der Waals surface area contributed by atoms with E-state index in [4.69, 9.17) is 0 Å². The molecule has 0 saturated carbocycles. The molecule has 11 heavy (non-hydrogen) atoms. The molecule has 2 rings (SSSR count). The van der Waals surface area contributed by atoms with Gasteiger partial charge in [-0.3, -0.25) is 0 Å². The predicted molar refractivity (Wildman–Crippen MR) is 47.2 cm³/mol. The molecule has 0 aromatic carbocycles. The molecule has 56 valence electrons. The molecular formula is C8H8N2S. The molecule has 0 N–H and O–H groups in total. The van der Waals surface area contributed by atoms with E-state index in [1.807, 2.05) is 18.7 Å². The van der Waals surface area contributed by atoms with Gasteiger partial charge in [0.2, 0.25) is 0 Å². The second-order valence-corrected chi connectivity index (χ2v) is 3.56. The van der Waals surface area contributed by atoms with E-state index < -0.39 is 0 Å². The van der Waals surface area contributed by atoms with Crippen molar-refractivity contribution in [1.82, 2.24) is 0 Å². The van der Waals surface area contributed by atoms with Gasteiger partial charge in [-0.25, -0.2) is 0 Å². The molecular weight excluding hydrogens is 156 g/mol. The van der Waals surface area contributed by atoms with Gasteiger partial charge >= 0.3 is 0 Å². The molecule has 3 heteroatoms. The van der Waals surface area contributed by atoms with Gasteiger partial charge in [0.1, 0.15) is 0 Å². The van der Waals surface area contributed by atoms with Crippen molar-refractivity contribution in [2.24, 2.45) is 10.2 Å². The zero-order chi connectivity index (χ0) is 7.68. The molecule has 0 radical (unpaired) electrons. The fourth-order valence-electron chi connectivity index (χ4n) is 1.02. The van der Waals surface area contributed by atoms with Crippen molar-refractivity contribution in [1.29, 1.82) is 0 Å². The van der Waals surface area contributed by atoms with Crippen molar-refractivity contribution >= 4 is 11.8 Å². The maximum absolute atomic E-state index is 4.06. The normalized spacial score (nSPS) is 21.7. The molecule has 0 spiro atoms. The van der Waals surface area contributed by atoms with Crippen molar-refractivity contribution in [3.8, 4) is 0 Å². The van der Waals surface area contributed by atoms with Crippen molar-refractivity contribution < 1.29 is 0 Å². The summed E-state index contributed by atoms with van der Waals surface area (Å²) < 4.78 is 0. The largest absolute Gasteiger partial charge is 0.158 e. The molecule has 0 aromatic rings. The number of fused-ring (bicyclic) bond motifs is 1. The molecule has 0 aromatic heterocycles. The van der Waals surface area contributed by atoms with E-state index in [1.54, 1.807) is 6.20 Å². The van der Waals surface area contributed by atoms with Gasteiger partial charge < -0.3 is 0 Å². The Morgan fingerprint density at radius 3 is 3.36 bits per heavy atom. The molecule has 0 aliphatic carbocycles. The summed E-state index contributed by atoms with van der Waals surface area (Å²) >= 11 is 1.82. The smallest absolute Gasteiger partial charge is 0.0961 e. The second-order valence-electron chi connectivity index (χ2n) is 2.50. The lowest BCUT2D eigenvalue weighted by Crippen LogP contribution is -1.72. The summed E-state index contributed by atoms with van der Waals surface area (Å²) in [6, 6.07) is 0. The topological polar surface area (TPSA) is 24.7 Å². The van der Waals surface area contributed by atoms with Crippen LogP contribution < -0.4 is 0 Å². The maximum atomic E-state index is 4.06. The highest BCUT2D eigenvalue weighted by Crippen LogP contribution is 2.34. The highest BCUT2D eigenvalue weighted by molar-refractivity contribution is 8.03. The van der Waals surface area contributed by atoms with Crippen LogP contribution in [0.1, 0.15) is 6.92 Å². The lowest BCUT2D eigenvalue weighted by atomic mass is 10.3. The summed E-state index contributed by atoms with van der Waals surface area (Å²) in [7, 11) is 0. The van der Waals surface area contributed by atoms with E-state index in [-0.39, 0.29) is 0 Å². The molecule has 2 aliphatic heterocycles. The van der Waals surface area contributed by atoms with E-state index in [1.165, 1.54) is 10.5 Å². The van der Waals surface area contributed by atoms with Crippen LogP contribution in [0.15, 0.2) is 44.8 Å². The highest BCUT2D eigenvalue weighted by atomic mass is 32.2. The fourth-order valence-corrected chi connectivity index (χ4v) is 1.98. The summed E-state index contributed by atoms with van der Waals surface area (Å²) in [5.74, 6) is 1.04. The number of rotatable bonds is 0. The quantitative estimate of drug-likeness (QED) is 0.540. The summed E-state index contributed by atoms with van der Waals surface area (Å²) in [5, 5.41) is 7.98. The number of azo groups is 1. The Hall–Kier alpha value is -0.830. The van der Waals surface area contributed by atoms with Crippen LogP contribution in [0.4, 0.5) is 0 Å². The van der Waals surface area contributed by atoms with E-state index >= 15 is 0 Å². The van der Waals surface area contributed by atoms with Crippen molar-refractivity contribution in [3.05, 3.63) is 34.5 Å². The Morgan fingerprint density at radius 1 is 1.55 bits per heavy atom. The summed E-state index contributed by atoms with van der Waals surface area (Å²) in [5.41, 5.74) is 2.20. The number of hydrogen-bond acceptors (Lipinski definition) is 3. The van der Waals surface area contributed by atoms with Crippen molar-refractivity contribution in [2.45, 2.75) is 6.92 Å². The van der Waals surface area contributed by atoms with Crippen LogP contribution in [-0.2, 0) is 0 Å². The molecule has 0 unspecified atom stereocenters. The fraction of sp³-hybridized carbons (Fsp3) is 0.250. The van der Waals surface area contributed by atoms with Gasteiger partial charge in [0.05, 0.1) is 11.9 Å². The molecule has 0 fully saturated rings. The van der Waals surface area contributed by atoms with Crippen LogP contribution >= 0.6 is 11.8 Å². The third-order valence-corrected chi connectivity index (χ3v) is 2.52. The average Bonchev–Trinajstić information content (AvgIpc) is 2.31. The Kier molecular flexibility index (Phi) is 1.66. The molecule has 0 amide bonds. The van der Waals surface area contributed by atoms with Crippen LogP contribution in [0.25, 0.3) is 0 Å². The van der Waals surface area contributed by atoms with Gasteiger partial charge in [-0.15, -0.1) is 11.8 Å². The Balaban J connectivity index is 2.43. The SMILES string of the molecule is CC1=CN=NC2=CCSC2=C1. The first kappa shape index (κ1) is 6.85. The molecule has 2 aliphatic rings. The van der Waals surface area contributed by atoms with Gasteiger partial charge in [-0.05, 0) is 24.6 Å². The van der Waals surface area contributed by atoms with Gasteiger partial charge in [0, 0.05) is 10.7 Å². The first-order valence-electron chi connectivity index (χ1n) is 3.49. The van der Waals surface area contributed by atoms with Gasteiger partial charge in [-0.2, -0.15) is 10.2 Å². The average molecular weight is 164 g/mol. The Morgan fingerprint density at radius 2 is 2.45 bits per heavy atom. The standard InChI is InChI=1S/C8H8N2S/c1-6-4-8-7(2-3-11-8)10-9-5-6/h2,4-5H,3H2,1H3. The first-order chi connectivity index (χ1) is 5.36. The molecule has 0 atom stereocenters. The van der Waals surface area contributed by atoms with Gasteiger partial charge in [0.15, 0.2) is 0 Å². The van der Waals surface area contributed by atoms with Gasteiger partial charge in [-0.1, -0.05) is 0 Å². The monoisotopic (exact) mass is 164 g/mol. The second kappa shape index (κ2) is 2.66. The maximum Gasteiger partial charge on any atom is 0.0961 e. The lowest BCUT2D eigenvalue weighted by molar-refractivity contribution is 1.17. The number of thioether (sulfide) groups is 1. The van der Waals surface area contributed by atoms with Crippen molar-refractivity contribution in [2.75, 3.05) is 5.75 Å². The number of hydrogen-bond donors (Lipinski definition) is 0. The van der Waals surface area contributed by atoms with Crippen LogP contribution in [0.2, 0.25) is 0 Å². The minimum absolute atomic E-state index is 1.03. The molecule has 2 nitrogen and oxygen atoms in total. The third kappa shape index (κ3) is 1.28. The minimum atomic E-state index is 1.03.